The van der Waals surface area contributed by atoms with Gasteiger partial charge in [-0.15, -0.1) is 0 Å². The fourth-order valence-electron chi connectivity index (χ4n) is 2.52. The fraction of sp³-hybridized carbons (Fsp3) is 0.923. The van der Waals surface area contributed by atoms with E-state index in [9.17, 15) is 4.79 Å². The van der Waals surface area contributed by atoms with Crippen molar-refractivity contribution in [1.29, 1.82) is 0 Å². The van der Waals surface area contributed by atoms with Crippen LogP contribution in [-0.4, -0.2) is 49.2 Å². The first-order valence-electron chi connectivity index (χ1n) is 6.89. The summed E-state index contributed by atoms with van der Waals surface area (Å²) in [6, 6.07) is 0.732. The number of nitrogens with one attached hydrogen (secondary N) is 1. The minimum absolute atomic E-state index is 0.0297. The average molecular weight is 240 g/mol. The number of carbonyl (C=O) groups is 1. The van der Waals surface area contributed by atoms with E-state index >= 15 is 0 Å². The molecule has 1 heterocycles. The summed E-state index contributed by atoms with van der Waals surface area (Å²) in [5.74, 6) is 0.322. The van der Waals surface area contributed by atoms with E-state index in [1.807, 2.05) is 4.90 Å². The Bertz CT molecular complexity index is 266. The van der Waals surface area contributed by atoms with Crippen LogP contribution in [0.15, 0.2) is 0 Å². The Hall–Kier alpha value is -0.610. The quantitative estimate of drug-likeness (QED) is 0.753. The number of hydrogen-bond acceptors (Lipinski definition) is 3. The third kappa shape index (κ3) is 2.99. The van der Waals surface area contributed by atoms with E-state index < -0.39 is 0 Å². The van der Waals surface area contributed by atoms with Gasteiger partial charge in [-0.05, 0) is 32.7 Å². The molecule has 4 heteroatoms. The molecule has 0 aromatic carbocycles. The van der Waals surface area contributed by atoms with Crippen molar-refractivity contribution in [3.63, 3.8) is 0 Å². The molecule has 1 aliphatic heterocycles. The van der Waals surface area contributed by atoms with Crippen LogP contribution in [0.5, 0.6) is 0 Å². The second kappa shape index (κ2) is 5.83. The predicted octanol–water partition coefficient (Wildman–Crippen LogP) is 1.01. The highest BCUT2D eigenvalue weighted by molar-refractivity contribution is 5.80. The Morgan fingerprint density at radius 3 is 2.71 bits per heavy atom. The molecule has 1 amide bonds. The summed E-state index contributed by atoms with van der Waals surface area (Å²) in [4.78, 5) is 14.5. The zero-order valence-corrected chi connectivity index (χ0v) is 10.9. The molecule has 0 aromatic rings. The van der Waals surface area contributed by atoms with Gasteiger partial charge in [0, 0.05) is 18.6 Å². The number of nitrogens with zero attached hydrogens (tertiary/aromatic N) is 1. The maximum atomic E-state index is 12.4. The first-order valence-corrected chi connectivity index (χ1v) is 6.89. The lowest BCUT2D eigenvalue weighted by Crippen LogP contribution is -2.46. The van der Waals surface area contributed by atoms with Crippen molar-refractivity contribution in [3.8, 4) is 0 Å². The average Bonchev–Trinajstić information content (AvgIpc) is 3.05. The predicted molar refractivity (Wildman–Crippen MR) is 66.8 cm³/mol. The van der Waals surface area contributed by atoms with Gasteiger partial charge >= 0.3 is 0 Å². The van der Waals surface area contributed by atoms with Crippen molar-refractivity contribution in [2.75, 3.05) is 26.3 Å². The highest BCUT2D eigenvalue weighted by Gasteiger charge is 2.40. The zero-order chi connectivity index (χ0) is 12.3. The van der Waals surface area contributed by atoms with Crippen molar-refractivity contribution in [3.05, 3.63) is 0 Å². The van der Waals surface area contributed by atoms with Gasteiger partial charge in [0.15, 0.2) is 0 Å². The second-order valence-corrected chi connectivity index (χ2v) is 5.06. The molecule has 2 fully saturated rings. The van der Waals surface area contributed by atoms with Crippen LogP contribution in [-0.2, 0) is 9.53 Å². The molecule has 2 rings (SSSR count). The van der Waals surface area contributed by atoms with Crippen LogP contribution in [0.1, 0.15) is 33.1 Å². The third-order valence-corrected chi connectivity index (χ3v) is 3.67. The van der Waals surface area contributed by atoms with E-state index in [1.165, 1.54) is 12.8 Å². The molecule has 0 aromatic heterocycles. The van der Waals surface area contributed by atoms with Crippen molar-refractivity contribution in [1.82, 2.24) is 10.2 Å². The molecule has 17 heavy (non-hydrogen) atoms. The smallest absolute Gasteiger partial charge is 0.229 e. The number of amides is 1. The molecule has 1 saturated carbocycles. The largest absolute Gasteiger partial charge is 0.379 e. The molecular formula is C13H24N2O2. The van der Waals surface area contributed by atoms with Gasteiger partial charge in [-0.3, -0.25) is 4.79 Å². The Balaban J connectivity index is 1.91. The van der Waals surface area contributed by atoms with Gasteiger partial charge in [0.05, 0.1) is 19.1 Å². The van der Waals surface area contributed by atoms with E-state index in [4.69, 9.17) is 4.74 Å². The van der Waals surface area contributed by atoms with Crippen LogP contribution in [0.4, 0.5) is 0 Å². The summed E-state index contributed by atoms with van der Waals surface area (Å²) < 4.78 is 5.47. The minimum atomic E-state index is 0.0297. The topological polar surface area (TPSA) is 41.6 Å². The van der Waals surface area contributed by atoms with Gasteiger partial charge in [0.2, 0.25) is 5.91 Å². The molecular weight excluding hydrogens is 216 g/mol. The molecule has 0 radical (unpaired) electrons. The van der Waals surface area contributed by atoms with Crippen LogP contribution >= 0.6 is 0 Å². The number of rotatable bonds is 6. The SMILES string of the molecule is CCCNC1COCC1C(=O)N(CC)C1CC1. The fourth-order valence-corrected chi connectivity index (χ4v) is 2.52. The highest BCUT2D eigenvalue weighted by atomic mass is 16.5. The van der Waals surface area contributed by atoms with Gasteiger partial charge in [-0.2, -0.15) is 0 Å². The molecule has 2 atom stereocenters. The summed E-state index contributed by atoms with van der Waals surface area (Å²) in [5, 5.41) is 3.43. The molecule has 98 valence electrons. The lowest BCUT2D eigenvalue weighted by Gasteiger charge is -2.26. The van der Waals surface area contributed by atoms with Gasteiger partial charge in [-0.1, -0.05) is 6.92 Å². The van der Waals surface area contributed by atoms with Gasteiger partial charge < -0.3 is 15.0 Å². The molecule has 2 unspecified atom stereocenters. The number of ether oxygens (including phenoxy) is 1. The Morgan fingerprint density at radius 2 is 2.12 bits per heavy atom. The van der Waals surface area contributed by atoms with Crippen LogP contribution < -0.4 is 5.32 Å². The monoisotopic (exact) mass is 240 g/mol. The molecule has 4 nitrogen and oxygen atoms in total. The summed E-state index contributed by atoms with van der Waals surface area (Å²) in [7, 11) is 0. The molecule has 1 saturated heterocycles. The van der Waals surface area contributed by atoms with Crippen molar-refractivity contribution in [2.45, 2.75) is 45.2 Å². The van der Waals surface area contributed by atoms with Crippen LogP contribution in [0.25, 0.3) is 0 Å². The van der Waals surface area contributed by atoms with E-state index in [1.54, 1.807) is 0 Å². The third-order valence-electron chi connectivity index (χ3n) is 3.67. The summed E-state index contributed by atoms with van der Waals surface area (Å²) in [6.07, 6.45) is 3.46. The van der Waals surface area contributed by atoms with E-state index in [-0.39, 0.29) is 12.0 Å². The van der Waals surface area contributed by atoms with Crippen LogP contribution in [0, 0.1) is 5.92 Å². The molecule has 1 aliphatic carbocycles. The highest BCUT2D eigenvalue weighted by Crippen LogP contribution is 2.29. The lowest BCUT2D eigenvalue weighted by molar-refractivity contribution is -0.136. The van der Waals surface area contributed by atoms with E-state index in [0.29, 0.717) is 25.2 Å². The van der Waals surface area contributed by atoms with Gasteiger partial charge in [0.25, 0.3) is 0 Å². The van der Waals surface area contributed by atoms with Gasteiger partial charge in [0.1, 0.15) is 0 Å². The normalized spacial score (nSPS) is 28.4. The van der Waals surface area contributed by atoms with Crippen molar-refractivity contribution in [2.24, 2.45) is 5.92 Å². The molecule has 1 N–H and O–H groups in total. The Labute approximate surface area is 104 Å². The van der Waals surface area contributed by atoms with E-state index in [0.717, 1.165) is 19.5 Å². The first kappa shape index (κ1) is 12.8. The Kier molecular flexibility index (Phi) is 4.40. The maximum Gasteiger partial charge on any atom is 0.229 e. The van der Waals surface area contributed by atoms with Crippen LogP contribution in [0.3, 0.4) is 0 Å². The Morgan fingerprint density at radius 1 is 1.35 bits per heavy atom. The minimum Gasteiger partial charge on any atom is -0.379 e. The van der Waals surface area contributed by atoms with Crippen molar-refractivity contribution >= 4 is 5.91 Å². The molecule has 0 bridgehead atoms. The lowest BCUT2D eigenvalue weighted by atomic mass is 10.0. The molecule has 0 spiro atoms. The molecule has 2 aliphatic rings. The second-order valence-electron chi connectivity index (χ2n) is 5.06. The summed E-state index contributed by atoms with van der Waals surface area (Å²) in [6.45, 7) is 7.28. The van der Waals surface area contributed by atoms with Crippen LogP contribution in [0.2, 0.25) is 0 Å². The zero-order valence-electron chi connectivity index (χ0n) is 10.9. The van der Waals surface area contributed by atoms with Gasteiger partial charge in [-0.25, -0.2) is 0 Å². The summed E-state index contributed by atoms with van der Waals surface area (Å²) >= 11 is 0. The number of carbonyl (C=O) groups excluding carboxylic acids is 1. The first-order chi connectivity index (χ1) is 8.27. The maximum absolute atomic E-state index is 12.4. The standard InChI is InChI=1S/C13H24N2O2/c1-3-7-14-12-9-17-8-11(12)13(16)15(4-2)10-5-6-10/h10-12,14H,3-9H2,1-2H3. The van der Waals surface area contributed by atoms with E-state index in [2.05, 4.69) is 19.2 Å². The van der Waals surface area contributed by atoms with Crippen molar-refractivity contribution < 1.29 is 9.53 Å². The number of hydrogen-bond donors (Lipinski definition) is 1. The summed E-state index contributed by atoms with van der Waals surface area (Å²) in [5.41, 5.74) is 0.